The van der Waals surface area contributed by atoms with Gasteiger partial charge in [-0.3, -0.25) is 4.79 Å². The Labute approximate surface area is 91.8 Å². The van der Waals surface area contributed by atoms with Crippen LogP contribution in [0.15, 0.2) is 0 Å². The fourth-order valence-electron chi connectivity index (χ4n) is 2.40. The molecule has 0 saturated heterocycles. The predicted octanol–water partition coefficient (Wildman–Crippen LogP) is 1.28. The summed E-state index contributed by atoms with van der Waals surface area (Å²) < 4.78 is 0. The Hall–Kier alpha value is -0.570. The van der Waals surface area contributed by atoms with Gasteiger partial charge in [-0.05, 0) is 37.5 Å². The molecule has 0 aromatic heterocycles. The molecule has 0 aromatic carbocycles. The third-order valence-electron chi connectivity index (χ3n) is 4.19. The van der Waals surface area contributed by atoms with E-state index >= 15 is 0 Å². The summed E-state index contributed by atoms with van der Waals surface area (Å²) in [7, 11) is 0. The van der Waals surface area contributed by atoms with Crippen molar-refractivity contribution in [3.05, 3.63) is 0 Å². The van der Waals surface area contributed by atoms with Gasteiger partial charge in [0.05, 0.1) is 5.41 Å². The second kappa shape index (κ2) is 4.12. The lowest BCUT2D eigenvalue weighted by Gasteiger charge is -2.39. The van der Waals surface area contributed by atoms with E-state index in [1.54, 1.807) is 0 Å². The van der Waals surface area contributed by atoms with Gasteiger partial charge in [0.1, 0.15) is 0 Å². The molecule has 0 aliphatic heterocycles. The van der Waals surface area contributed by atoms with Gasteiger partial charge in [0.25, 0.3) is 0 Å². The summed E-state index contributed by atoms with van der Waals surface area (Å²) in [6.07, 6.45) is 5.81. The first-order chi connectivity index (χ1) is 7.18. The quantitative estimate of drug-likeness (QED) is 0.718. The number of amides is 1. The number of hydrogen-bond acceptors (Lipinski definition) is 2. The van der Waals surface area contributed by atoms with Crippen molar-refractivity contribution in [3.8, 4) is 0 Å². The van der Waals surface area contributed by atoms with Gasteiger partial charge in [-0.15, -0.1) is 0 Å². The van der Waals surface area contributed by atoms with E-state index in [0.29, 0.717) is 12.5 Å². The van der Waals surface area contributed by atoms with Crippen LogP contribution in [0.5, 0.6) is 0 Å². The maximum absolute atomic E-state index is 11.9. The van der Waals surface area contributed by atoms with Crippen LogP contribution in [0, 0.1) is 17.3 Å². The smallest absolute Gasteiger partial charge is 0.227 e. The predicted molar refractivity (Wildman–Crippen MR) is 60.2 cm³/mol. The highest BCUT2D eigenvalue weighted by atomic mass is 16.2. The second-order valence-electron chi connectivity index (χ2n) is 5.36. The van der Waals surface area contributed by atoms with E-state index in [1.807, 2.05) is 0 Å². The van der Waals surface area contributed by atoms with Gasteiger partial charge < -0.3 is 11.1 Å². The van der Waals surface area contributed by atoms with E-state index in [2.05, 4.69) is 12.2 Å². The average molecular weight is 210 g/mol. The minimum Gasteiger partial charge on any atom is -0.355 e. The molecular formula is C12H22N2O. The Bertz CT molecular complexity index is 238. The molecule has 1 unspecified atom stereocenters. The molecular weight excluding hydrogens is 188 g/mol. The first kappa shape index (κ1) is 10.9. The number of rotatable bonds is 5. The lowest BCUT2D eigenvalue weighted by molar-refractivity contribution is -0.135. The Morgan fingerprint density at radius 1 is 1.53 bits per heavy atom. The summed E-state index contributed by atoms with van der Waals surface area (Å²) in [4.78, 5) is 11.9. The molecule has 15 heavy (non-hydrogen) atoms. The molecule has 2 rings (SSSR count). The highest BCUT2D eigenvalue weighted by molar-refractivity contribution is 5.83. The number of hydrogen-bond donors (Lipinski definition) is 2. The molecule has 2 aliphatic rings. The average Bonchev–Trinajstić information content (AvgIpc) is 2.96. The first-order valence-electron chi connectivity index (χ1n) is 6.16. The minimum atomic E-state index is -0.205. The van der Waals surface area contributed by atoms with Crippen LogP contribution in [0.2, 0.25) is 0 Å². The van der Waals surface area contributed by atoms with E-state index in [1.165, 1.54) is 12.8 Å². The van der Waals surface area contributed by atoms with Crippen LogP contribution in [-0.2, 0) is 4.79 Å². The van der Waals surface area contributed by atoms with Crippen LogP contribution >= 0.6 is 0 Å². The van der Waals surface area contributed by atoms with Crippen LogP contribution in [0.25, 0.3) is 0 Å². The fraction of sp³-hybridized carbons (Fsp3) is 0.917. The fourth-order valence-corrected chi connectivity index (χ4v) is 2.40. The van der Waals surface area contributed by atoms with Crippen molar-refractivity contribution >= 4 is 5.91 Å². The standard InChI is InChI=1S/C12H22N2O/c1-9(10-3-4-10)7-14-11(15)12(8-13)5-2-6-12/h9-10H,2-8,13H2,1H3,(H,14,15). The SMILES string of the molecule is CC(CNC(=O)C1(CN)CCC1)C1CC1. The number of nitrogens with two attached hydrogens (primary N) is 1. The largest absolute Gasteiger partial charge is 0.355 e. The third kappa shape index (κ3) is 2.17. The highest BCUT2D eigenvalue weighted by Crippen LogP contribution is 2.40. The van der Waals surface area contributed by atoms with Crippen molar-refractivity contribution in [1.82, 2.24) is 5.32 Å². The van der Waals surface area contributed by atoms with Crippen molar-refractivity contribution in [2.24, 2.45) is 23.0 Å². The van der Waals surface area contributed by atoms with Crippen LogP contribution in [-0.4, -0.2) is 19.0 Å². The van der Waals surface area contributed by atoms with Crippen LogP contribution in [0.1, 0.15) is 39.0 Å². The summed E-state index contributed by atoms with van der Waals surface area (Å²) >= 11 is 0. The number of carbonyl (C=O) groups is 1. The summed E-state index contributed by atoms with van der Waals surface area (Å²) in [5.74, 6) is 1.70. The topological polar surface area (TPSA) is 55.1 Å². The zero-order valence-corrected chi connectivity index (χ0v) is 9.59. The summed E-state index contributed by atoms with van der Waals surface area (Å²) in [5.41, 5.74) is 5.48. The summed E-state index contributed by atoms with van der Waals surface area (Å²) in [6, 6.07) is 0. The molecule has 2 saturated carbocycles. The normalized spacial score (nSPS) is 25.5. The van der Waals surface area contributed by atoms with Gasteiger partial charge in [-0.25, -0.2) is 0 Å². The molecule has 0 heterocycles. The number of carbonyl (C=O) groups excluding carboxylic acids is 1. The van der Waals surface area contributed by atoms with Crippen LogP contribution < -0.4 is 11.1 Å². The van der Waals surface area contributed by atoms with Gasteiger partial charge in [0, 0.05) is 13.1 Å². The molecule has 2 fully saturated rings. The molecule has 0 bridgehead atoms. The molecule has 3 N–H and O–H groups in total. The van der Waals surface area contributed by atoms with E-state index < -0.39 is 0 Å². The molecule has 0 spiro atoms. The van der Waals surface area contributed by atoms with Crippen molar-refractivity contribution in [3.63, 3.8) is 0 Å². The molecule has 0 aromatic rings. The monoisotopic (exact) mass is 210 g/mol. The van der Waals surface area contributed by atoms with Crippen molar-refractivity contribution in [2.75, 3.05) is 13.1 Å². The van der Waals surface area contributed by atoms with Crippen molar-refractivity contribution < 1.29 is 4.79 Å². The van der Waals surface area contributed by atoms with Gasteiger partial charge >= 0.3 is 0 Å². The van der Waals surface area contributed by atoms with Crippen molar-refractivity contribution in [2.45, 2.75) is 39.0 Å². The van der Waals surface area contributed by atoms with E-state index in [9.17, 15) is 4.79 Å². The Morgan fingerprint density at radius 3 is 2.60 bits per heavy atom. The second-order valence-corrected chi connectivity index (χ2v) is 5.36. The Balaban J connectivity index is 1.75. The first-order valence-corrected chi connectivity index (χ1v) is 6.16. The van der Waals surface area contributed by atoms with E-state index in [-0.39, 0.29) is 11.3 Å². The Morgan fingerprint density at radius 2 is 2.20 bits per heavy atom. The van der Waals surface area contributed by atoms with Gasteiger partial charge in [0.15, 0.2) is 0 Å². The molecule has 0 radical (unpaired) electrons. The van der Waals surface area contributed by atoms with Gasteiger partial charge in [0.2, 0.25) is 5.91 Å². The molecule has 86 valence electrons. The maximum atomic E-state index is 11.9. The molecule has 3 heteroatoms. The third-order valence-corrected chi connectivity index (χ3v) is 4.19. The maximum Gasteiger partial charge on any atom is 0.227 e. The summed E-state index contributed by atoms with van der Waals surface area (Å²) in [6.45, 7) is 3.58. The van der Waals surface area contributed by atoms with E-state index in [4.69, 9.17) is 5.73 Å². The lowest BCUT2D eigenvalue weighted by atomic mass is 9.68. The molecule has 3 nitrogen and oxygen atoms in total. The minimum absolute atomic E-state index is 0.198. The van der Waals surface area contributed by atoms with Crippen LogP contribution in [0.4, 0.5) is 0 Å². The summed E-state index contributed by atoms with van der Waals surface area (Å²) in [5, 5.41) is 3.08. The molecule has 1 atom stereocenters. The zero-order valence-electron chi connectivity index (χ0n) is 9.59. The lowest BCUT2D eigenvalue weighted by Crippen LogP contribution is -2.51. The Kier molecular flexibility index (Phi) is 3.01. The number of nitrogens with one attached hydrogen (secondary N) is 1. The van der Waals surface area contributed by atoms with Crippen LogP contribution in [0.3, 0.4) is 0 Å². The molecule has 2 aliphatic carbocycles. The van der Waals surface area contributed by atoms with Gasteiger partial charge in [-0.2, -0.15) is 0 Å². The van der Waals surface area contributed by atoms with Gasteiger partial charge in [-0.1, -0.05) is 13.3 Å². The van der Waals surface area contributed by atoms with E-state index in [0.717, 1.165) is 31.7 Å². The van der Waals surface area contributed by atoms with Crippen molar-refractivity contribution in [1.29, 1.82) is 0 Å². The zero-order chi connectivity index (χ0) is 10.9. The molecule has 1 amide bonds. The highest BCUT2D eigenvalue weighted by Gasteiger charge is 2.42.